The van der Waals surface area contributed by atoms with Crippen molar-refractivity contribution in [3.63, 3.8) is 0 Å². The third-order valence-corrected chi connectivity index (χ3v) is 3.62. The highest BCUT2D eigenvalue weighted by molar-refractivity contribution is 9.10. The summed E-state index contributed by atoms with van der Waals surface area (Å²) < 4.78 is 0.734. The second kappa shape index (κ2) is 6.54. The number of amides is 2. The van der Waals surface area contributed by atoms with Crippen molar-refractivity contribution < 1.29 is 9.59 Å². The zero-order valence-electron chi connectivity index (χ0n) is 11.7. The zero-order valence-corrected chi connectivity index (χ0v) is 13.3. The highest BCUT2D eigenvalue weighted by Gasteiger charge is 2.11. The minimum atomic E-state index is -0.203. The molecule has 0 fully saturated rings. The topological polar surface area (TPSA) is 58.2 Å². The van der Waals surface area contributed by atoms with Crippen LogP contribution in [0.2, 0.25) is 0 Å². The van der Waals surface area contributed by atoms with Gasteiger partial charge in [-0.15, -0.1) is 0 Å². The van der Waals surface area contributed by atoms with Gasteiger partial charge in [-0.05, 0) is 52.7 Å². The van der Waals surface area contributed by atoms with Crippen LogP contribution < -0.4 is 10.6 Å². The van der Waals surface area contributed by atoms with Crippen molar-refractivity contribution in [3.8, 4) is 0 Å². The van der Waals surface area contributed by atoms with E-state index in [1.807, 2.05) is 25.1 Å². The number of anilines is 2. The Labute approximate surface area is 131 Å². The van der Waals surface area contributed by atoms with E-state index in [4.69, 9.17) is 0 Å². The number of benzene rings is 2. The van der Waals surface area contributed by atoms with Gasteiger partial charge in [0.05, 0.1) is 5.56 Å². The van der Waals surface area contributed by atoms with Crippen LogP contribution in [0.3, 0.4) is 0 Å². The van der Waals surface area contributed by atoms with Crippen molar-refractivity contribution in [1.82, 2.24) is 0 Å². The molecule has 5 heteroatoms. The lowest BCUT2D eigenvalue weighted by atomic mass is 10.1. The Balaban J connectivity index is 2.24. The van der Waals surface area contributed by atoms with Crippen molar-refractivity contribution in [2.24, 2.45) is 0 Å². The third-order valence-electron chi connectivity index (χ3n) is 2.92. The molecule has 0 atom stereocenters. The first-order chi connectivity index (χ1) is 9.97. The number of halogens is 1. The van der Waals surface area contributed by atoms with E-state index < -0.39 is 0 Å². The van der Waals surface area contributed by atoms with E-state index >= 15 is 0 Å². The Hall–Kier alpha value is -2.14. The van der Waals surface area contributed by atoms with Crippen LogP contribution in [-0.2, 0) is 4.79 Å². The molecule has 108 valence electrons. The zero-order chi connectivity index (χ0) is 15.4. The molecule has 2 aromatic rings. The molecule has 0 aliphatic carbocycles. The molecule has 0 bridgehead atoms. The molecule has 0 saturated carbocycles. The molecular weight excluding hydrogens is 332 g/mol. The number of rotatable bonds is 3. The Morgan fingerprint density at radius 3 is 2.43 bits per heavy atom. The second-order valence-electron chi connectivity index (χ2n) is 4.64. The first-order valence-electron chi connectivity index (χ1n) is 6.41. The first-order valence-corrected chi connectivity index (χ1v) is 7.21. The number of carbonyl (C=O) groups excluding carboxylic acids is 2. The van der Waals surface area contributed by atoms with Gasteiger partial charge in [0, 0.05) is 22.8 Å². The molecule has 0 saturated heterocycles. The van der Waals surface area contributed by atoms with E-state index in [9.17, 15) is 9.59 Å². The molecule has 0 aliphatic rings. The predicted molar refractivity (Wildman–Crippen MR) is 87.6 cm³/mol. The largest absolute Gasteiger partial charge is 0.326 e. The third kappa shape index (κ3) is 3.92. The van der Waals surface area contributed by atoms with Crippen LogP contribution in [0.5, 0.6) is 0 Å². The fraction of sp³-hybridized carbons (Fsp3) is 0.125. The van der Waals surface area contributed by atoms with Gasteiger partial charge in [-0.1, -0.05) is 18.2 Å². The van der Waals surface area contributed by atoms with Gasteiger partial charge in [0.15, 0.2) is 0 Å². The molecule has 2 rings (SSSR count). The van der Waals surface area contributed by atoms with Crippen LogP contribution in [0, 0.1) is 6.92 Å². The van der Waals surface area contributed by atoms with Crippen molar-refractivity contribution in [2.45, 2.75) is 13.8 Å². The average Bonchev–Trinajstić information content (AvgIpc) is 2.42. The molecule has 0 heterocycles. The van der Waals surface area contributed by atoms with E-state index in [0.29, 0.717) is 16.9 Å². The predicted octanol–water partition coefficient (Wildman–Crippen LogP) is 3.97. The van der Waals surface area contributed by atoms with Crippen molar-refractivity contribution in [1.29, 1.82) is 0 Å². The highest BCUT2D eigenvalue weighted by atomic mass is 79.9. The molecular formula is C16H15BrN2O2. The molecule has 2 N–H and O–H groups in total. The summed E-state index contributed by atoms with van der Waals surface area (Å²) >= 11 is 3.36. The first kappa shape index (κ1) is 15.3. The molecule has 2 amide bonds. The smallest absolute Gasteiger partial charge is 0.256 e. The van der Waals surface area contributed by atoms with Crippen molar-refractivity contribution in [2.75, 3.05) is 10.6 Å². The van der Waals surface area contributed by atoms with Gasteiger partial charge in [-0.2, -0.15) is 0 Å². The van der Waals surface area contributed by atoms with Crippen LogP contribution in [0.1, 0.15) is 22.8 Å². The van der Waals surface area contributed by atoms with Gasteiger partial charge in [-0.3, -0.25) is 9.59 Å². The quantitative estimate of drug-likeness (QED) is 0.883. The second-order valence-corrected chi connectivity index (χ2v) is 5.50. The van der Waals surface area contributed by atoms with Crippen LogP contribution in [-0.4, -0.2) is 11.8 Å². The summed E-state index contributed by atoms with van der Waals surface area (Å²) in [5.41, 5.74) is 2.80. The van der Waals surface area contributed by atoms with Gasteiger partial charge in [0.1, 0.15) is 0 Å². The molecule has 0 spiro atoms. The Morgan fingerprint density at radius 1 is 1.05 bits per heavy atom. The molecule has 0 radical (unpaired) electrons. The van der Waals surface area contributed by atoms with Gasteiger partial charge in [0.2, 0.25) is 5.91 Å². The summed E-state index contributed by atoms with van der Waals surface area (Å²) in [6.07, 6.45) is 0. The van der Waals surface area contributed by atoms with Gasteiger partial charge < -0.3 is 10.6 Å². The number of hydrogen-bond acceptors (Lipinski definition) is 2. The van der Waals surface area contributed by atoms with Crippen molar-refractivity contribution >= 4 is 39.1 Å². The summed E-state index contributed by atoms with van der Waals surface area (Å²) in [6, 6.07) is 12.6. The Kier molecular flexibility index (Phi) is 4.75. The summed E-state index contributed by atoms with van der Waals surface area (Å²) in [5, 5.41) is 5.56. The average molecular weight is 347 g/mol. The molecule has 21 heavy (non-hydrogen) atoms. The highest BCUT2D eigenvalue weighted by Crippen LogP contribution is 2.23. The van der Waals surface area contributed by atoms with Crippen LogP contribution in [0.15, 0.2) is 46.9 Å². The molecule has 0 aromatic heterocycles. The minimum absolute atomic E-state index is 0.151. The summed E-state index contributed by atoms with van der Waals surface area (Å²) in [5.74, 6) is -0.354. The molecule has 0 aliphatic heterocycles. The minimum Gasteiger partial charge on any atom is -0.326 e. The van der Waals surface area contributed by atoms with Crippen LogP contribution >= 0.6 is 15.9 Å². The van der Waals surface area contributed by atoms with E-state index in [0.717, 1.165) is 10.0 Å². The fourth-order valence-corrected chi connectivity index (χ4v) is 2.34. The van der Waals surface area contributed by atoms with E-state index in [2.05, 4.69) is 26.6 Å². The Bertz CT molecular complexity index is 698. The van der Waals surface area contributed by atoms with Gasteiger partial charge in [0.25, 0.3) is 5.91 Å². The SMILES string of the molecule is CC(=O)Nc1ccc(C)c(NC(=O)c2ccccc2Br)c1. The lowest BCUT2D eigenvalue weighted by Crippen LogP contribution is -2.14. The van der Waals surface area contributed by atoms with Gasteiger partial charge >= 0.3 is 0 Å². The number of carbonyl (C=O) groups is 2. The standard InChI is InChI=1S/C16H15BrN2O2/c1-10-7-8-12(18-11(2)20)9-15(10)19-16(21)13-5-3-4-6-14(13)17/h3-9H,1-2H3,(H,18,20)(H,19,21). The van der Waals surface area contributed by atoms with E-state index in [-0.39, 0.29) is 11.8 Å². The number of nitrogens with one attached hydrogen (secondary N) is 2. The van der Waals surface area contributed by atoms with Crippen LogP contribution in [0.25, 0.3) is 0 Å². The monoisotopic (exact) mass is 346 g/mol. The van der Waals surface area contributed by atoms with E-state index in [1.54, 1.807) is 24.3 Å². The molecule has 0 unspecified atom stereocenters. The summed E-state index contributed by atoms with van der Waals surface area (Å²) in [7, 11) is 0. The molecule has 2 aromatic carbocycles. The van der Waals surface area contributed by atoms with E-state index in [1.165, 1.54) is 6.92 Å². The normalized spacial score (nSPS) is 10.0. The lowest BCUT2D eigenvalue weighted by Gasteiger charge is -2.11. The maximum absolute atomic E-state index is 12.3. The maximum Gasteiger partial charge on any atom is 0.256 e. The fourth-order valence-electron chi connectivity index (χ4n) is 1.87. The maximum atomic E-state index is 12.3. The summed E-state index contributed by atoms with van der Waals surface area (Å²) in [4.78, 5) is 23.4. The molecule has 4 nitrogen and oxygen atoms in total. The lowest BCUT2D eigenvalue weighted by molar-refractivity contribution is -0.114. The number of aryl methyl sites for hydroxylation is 1. The van der Waals surface area contributed by atoms with Crippen molar-refractivity contribution in [3.05, 3.63) is 58.1 Å². The van der Waals surface area contributed by atoms with Crippen LogP contribution in [0.4, 0.5) is 11.4 Å². The Morgan fingerprint density at radius 2 is 1.76 bits per heavy atom. The van der Waals surface area contributed by atoms with Gasteiger partial charge in [-0.25, -0.2) is 0 Å². The number of hydrogen-bond donors (Lipinski definition) is 2. The summed E-state index contributed by atoms with van der Waals surface area (Å²) in [6.45, 7) is 3.34.